The van der Waals surface area contributed by atoms with Crippen LogP contribution in [0.1, 0.15) is 18.1 Å². The number of ether oxygens (including phenoxy) is 2. The van der Waals surface area contributed by atoms with Crippen LogP contribution in [0.25, 0.3) is 6.08 Å². The van der Waals surface area contributed by atoms with Gasteiger partial charge in [0.1, 0.15) is 0 Å². The normalized spacial score (nSPS) is 14.0. The van der Waals surface area contributed by atoms with Crippen LogP contribution in [0.2, 0.25) is 5.02 Å². The summed E-state index contributed by atoms with van der Waals surface area (Å²) < 4.78 is 11.3. The van der Waals surface area contributed by atoms with Gasteiger partial charge in [-0.1, -0.05) is 48.0 Å². The van der Waals surface area contributed by atoms with Crippen molar-refractivity contribution in [2.24, 2.45) is 0 Å². The number of nitro groups is 1. The number of amides is 3. The first-order valence-corrected chi connectivity index (χ1v) is 12.9. The molecule has 0 spiro atoms. The van der Waals surface area contributed by atoms with Crippen molar-refractivity contribution in [3.63, 3.8) is 0 Å². The van der Waals surface area contributed by atoms with E-state index in [9.17, 15) is 24.5 Å². The molecule has 10 nitrogen and oxygen atoms in total. The molecule has 1 fully saturated rings. The number of anilines is 1. The first-order chi connectivity index (χ1) is 18.8. The fourth-order valence-electron chi connectivity index (χ4n) is 3.71. The lowest BCUT2D eigenvalue weighted by molar-refractivity contribution is -0.385. The summed E-state index contributed by atoms with van der Waals surface area (Å²) in [4.78, 5) is 49.7. The molecule has 1 aliphatic rings. The second kappa shape index (κ2) is 12.5. The molecule has 3 aromatic rings. The van der Waals surface area contributed by atoms with Crippen LogP contribution >= 0.6 is 23.4 Å². The average molecular weight is 568 g/mol. The van der Waals surface area contributed by atoms with E-state index < -0.39 is 22.0 Å². The van der Waals surface area contributed by atoms with E-state index in [0.717, 1.165) is 4.90 Å². The molecule has 1 aliphatic heterocycles. The van der Waals surface area contributed by atoms with Gasteiger partial charge in [0.2, 0.25) is 0 Å². The molecular weight excluding hydrogens is 546 g/mol. The maximum Gasteiger partial charge on any atom is 0.293 e. The topological polar surface area (TPSA) is 128 Å². The van der Waals surface area contributed by atoms with E-state index >= 15 is 0 Å². The molecule has 0 aliphatic carbocycles. The Hall–Kier alpha value is -4.35. The molecule has 4 rings (SSSR count). The molecule has 1 heterocycles. The Morgan fingerprint density at radius 3 is 2.54 bits per heavy atom. The van der Waals surface area contributed by atoms with Gasteiger partial charge in [-0.25, -0.2) is 0 Å². The van der Waals surface area contributed by atoms with Crippen LogP contribution in [0.3, 0.4) is 0 Å². The molecule has 3 amide bonds. The Kier molecular flexibility index (Phi) is 8.84. The Balaban J connectivity index is 1.51. The molecule has 39 heavy (non-hydrogen) atoms. The number of imide groups is 1. The van der Waals surface area contributed by atoms with Gasteiger partial charge in [-0.05, 0) is 54.6 Å². The van der Waals surface area contributed by atoms with Crippen LogP contribution in [-0.4, -0.2) is 40.1 Å². The minimum absolute atomic E-state index is 0.119. The van der Waals surface area contributed by atoms with Crippen molar-refractivity contribution in [3.05, 3.63) is 97.9 Å². The number of nitrogens with one attached hydrogen (secondary N) is 1. The molecule has 1 saturated heterocycles. The fraction of sp³-hybridized carbons (Fsp3) is 0.148. The summed E-state index contributed by atoms with van der Waals surface area (Å²) >= 11 is 7.16. The summed E-state index contributed by atoms with van der Waals surface area (Å²) in [5.41, 5.74) is 1.14. The zero-order valence-corrected chi connectivity index (χ0v) is 22.2. The lowest BCUT2D eigenvalue weighted by Gasteiger charge is -2.15. The lowest BCUT2D eigenvalue weighted by Crippen LogP contribution is -2.27. The molecule has 0 radical (unpaired) electrons. The van der Waals surface area contributed by atoms with Crippen molar-refractivity contribution >= 4 is 57.9 Å². The zero-order valence-electron chi connectivity index (χ0n) is 20.6. The van der Waals surface area contributed by atoms with Gasteiger partial charge >= 0.3 is 0 Å². The third-order valence-electron chi connectivity index (χ3n) is 5.42. The maximum atomic E-state index is 13.0. The van der Waals surface area contributed by atoms with E-state index in [-0.39, 0.29) is 52.4 Å². The van der Waals surface area contributed by atoms with E-state index in [1.54, 1.807) is 43.3 Å². The molecular formula is C27H22ClN3O7S. The first-order valence-electron chi connectivity index (χ1n) is 11.7. The van der Waals surface area contributed by atoms with Gasteiger partial charge in [0.25, 0.3) is 22.7 Å². The van der Waals surface area contributed by atoms with Gasteiger partial charge in [-0.2, -0.15) is 0 Å². The number of rotatable bonds is 10. The molecule has 0 aromatic heterocycles. The van der Waals surface area contributed by atoms with Gasteiger partial charge in [-0.15, -0.1) is 0 Å². The first kappa shape index (κ1) is 27.7. The zero-order chi connectivity index (χ0) is 27.9. The summed E-state index contributed by atoms with van der Waals surface area (Å²) in [5, 5.41) is 13.6. The van der Waals surface area contributed by atoms with Gasteiger partial charge in [0.05, 0.1) is 28.0 Å². The predicted molar refractivity (Wildman–Crippen MR) is 148 cm³/mol. The number of halogens is 1. The number of nitro benzene ring substituents is 1. The largest absolute Gasteiger partial charge is 0.490 e. The standard InChI is InChI=1S/C27H22ClN3O7S/c1-2-37-22-13-17(12-20(28)25(22)38-16-24(32)29-19-9-4-3-5-10-19)14-23-26(33)30(27(34)39-23)15-18-8-6-7-11-21(18)31(35)36/h3-14H,2,15-16H2,1H3,(H,29,32)/b23-14-. The molecule has 0 bridgehead atoms. The van der Waals surface area contributed by atoms with Gasteiger partial charge in [0.15, 0.2) is 18.1 Å². The van der Waals surface area contributed by atoms with E-state index in [2.05, 4.69) is 5.32 Å². The van der Waals surface area contributed by atoms with E-state index in [1.165, 1.54) is 30.3 Å². The van der Waals surface area contributed by atoms with Gasteiger partial charge in [0, 0.05) is 17.3 Å². The van der Waals surface area contributed by atoms with Crippen molar-refractivity contribution in [2.75, 3.05) is 18.5 Å². The van der Waals surface area contributed by atoms with E-state index in [1.807, 2.05) is 6.07 Å². The van der Waals surface area contributed by atoms with Gasteiger partial charge in [-0.3, -0.25) is 29.4 Å². The second-order valence-electron chi connectivity index (χ2n) is 8.12. The number of hydrogen-bond acceptors (Lipinski definition) is 8. The summed E-state index contributed by atoms with van der Waals surface area (Å²) in [5.74, 6) is -0.572. The van der Waals surface area contributed by atoms with Crippen molar-refractivity contribution in [1.29, 1.82) is 0 Å². The summed E-state index contributed by atoms with van der Waals surface area (Å²) in [6.45, 7) is 1.49. The highest BCUT2D eigenvalue weighted by Gasteiger charge is 2.36. The third-order valence-corrected chi connectivity index (χ3v) is 6.61. The van der Waals surface area contributed by atoms with Crippen LogP contribution < -0.4 is 14.8 Å². The van der Waals surface area contributed by atoms with Crippen molar-refractivity contribution < 1.29 is 28.8 Å². The summed E-state index contributed by atoms with van der Waals surface area (Å²) in [7, 11) is 0. The molecule has 0 saturated carbocycles. The smallest absolute Gasteiger partial charge is 0.293 e. The van der Waals surface area contributed by atoms with Crippen LogP contribution in [0.15, 0.2) is 71.6 Å². The number of carbonyl (C=O) groups is 3. The monoisotopic (exact) mass is 567 g/mol. The van der Waals surface area contributed by atoms with Crippen molar-refractivity contribution in [3.8, 4) is 11.5 Å². The predicted octanol–water partition coefficient (Wildman–Crippen LogP) is 5.90. The number of nitrogens with zero attached hydrogens (tertiary/aromatic N) is 2. The number of benzene rings is 3. The maximum absolute atomic E-state index is 13.0. The Bertz CT molecular complexity index is 1460. The molecule has 3 aromatic carbocycles. The van der Waals surface area contributed by atoms with Crippen LogP contribution in [0.5, 0.6) is 11.5 Å². The summed E-state index contributed by atoms with van der Waals surface area (Å²) in [6.07, 6.45) is 1.48. The molecule has 0 unspecified atom stereocenters. The molecule has 1 N–H and O–H groups in total. The highest BCUT2D eigenvalue weighted by molar-refractivity contribution is 8.18. The number of carbonyl (C=O) groups excluding carboxylic acids is 3. The summed E-state index contributed by atoms with van der Waals surface area (Å²) in [6, 6.07) is 17.9. The second-order valence-corrected chi connectivity index (χ2v) is 9.52. The highest BCUT2D eigenvalue weighted by Crippen LogP contribution is 2.39. The van der Waals surface area contributed by atoms with Crippen molar-refractivity contribution in [2.45, 2.75) is 13.5 Å². The van der Waals surface area contributed by atoms with Crippen LogP contribution in [0.4, 0.5) is 16.2 Å². The fourth-order valence-corrected chi connectivity index (χ4v) is 4.82. The van der Waals surface area contributed by atoms with Crippen LogP contribution in [0, 0.1) is 10.1 Å². The minimum atomic E-state index is -0.588. The van der Waals surface area contributed by atoms with E-state index in [4.69, 9.17) is 21.1 Å². The molecule has 200 valence electrons. The minimum Gasteiger partial charge on any atom is -0.490 e. The van der Waals surface area contributed by atoms with Gasteiger partial charge < -0.3 is 14.8 Å². The number of para-hydroxylation sites is 2. The number of thioether (sulfide) groups is 1. The third kappa shape index (κ3) is 6.75. The number of hydrogen-bond donors (Lipinski definition) is 1. The van der Waals surface area contributed by atoms with Crippen molar-refractivity contribution in [1.82, 2.24) is 4.90 Å². The molecule has 12 heteroatoms. The van der Waals surface area contributed by atoms with E-state index in [0.29, 0.717) is 23.0 Å². The SMILES string of the molecule is CCOc1cc(/C=C2\SC(=O)N(Cc3ccccc3[N+](=O)[O-])C2=O)cc(Cl)c1OCC(=O)Nc1ccccc1. The quantitative estimate of drug-likeness (QED) is 0.182. The van der Waals surface area contributed by atoms with Crippen LogP contribution in [-0.2, 0) is 16.1 Å². The average Bonchev–Trinajstić information content (AvgIpc) is 3.16. The molecule has 0 atom stereocenters. The Morgan fingerprint density at radius 2 is 1.82 bits per heavy atom. The Morgan fingerprint density at radius 1 is 1.10 bits per heavy atom. The Labute approximate surface area is 232 Å². The lowest BCUT2D eigenvalue weighted by atomic mass is 10.1. The highest BCUT2D eigenvalue weighted by atomic mass is 35.5.